The number of aromatic nitrogens is 1. The topological polar surface area (TPSA) is 54.7 Å². The molecule has 2 saturated carbocycles. The monoisotopic (exact) mass is 511 g/mol. The molecule has 3 fully saturated rings. The number of hydrazone groups is 1. The molecule has 2 amide bonds. The van der Waals surface area contributed by atoms with E-state index in [0.29, 0.717) is 11.8 Å². The van der Waals surface area contributed by atoms with Crippen molar-refractivity contribution in [2.24, 2.45) is 40.6 Å². The van der Waals surface area contributed by atoms with E-state index in [1.165, 1.54) is 9.99 Å². The van der Waals surface area contributed by atoms with Crippen LogP contribution in [0.4, 0.5) is 0 Å². The maximum atomic E-state index is 13.1. The highest BCUT2D eigenvalue weighted by molar-refractivity contribution is 14.1. The molecule has 0 N–H and O–H groups in total. The van der Waals surface area contributed by atoms with Crippen LogP contribution in [0.5, 0.6) is 0 Å². The number of rotatable bonds is 3. The van der Waals surface area contributed by atoms with E-state index in [1.54, 1.807) is 6.21 Å². The molecule has 152 valence electrons. The Kier molecular flexibility index (Phi) is 3.95. The lowest BCUT2D eigenvalue weighted by atomic mass is 9.63. The summed E-state index contributed by atoms with van der Waals surface area (Å²) in [5.41, 5.74) is 4.14. The summed E-state index contributed by atoms with van der Waals surface area (Å²) < 4.78 is 3.36. The zero-order valence-electron chi connectivity index (χ0n) is 16.8. The van der Waals surface area contributed by atoms with Crippen LogP contribution >= 0.6 is 22.6 Å². The van der Waals surface area contributed by atoms with E-state index < -0.39 is 0 Å². The normalized spacial score (nSPS) is 33.5. The predicted octanol–water partition coefficient (Wildman–Crippen LogP) is 4.09. The number of aryl methyl sites for hydroxylation is 1. The van der Waals surface area contributed by atoms with E-state index in [-0.39, 0.29) is 35.5 Å². The van der Waals surface area contributed by atoms with Crippen molar-refractivity contribution in [3.8, 4) is 5.69 Å². The van der Waals surface area contributed by atoms with Gasteiger partial charge < -0.3 is 4.57 Å². The van der Waals surface area contributed by atoms with Gasteiger partial charge in [0.25, 0.3) is 11.8 Å². The first kappa shape index (κ1) is 18.5. The van der Waals surface area contributed by atoms with Gasteiger partial charge in [-0.2, -0.15) is 10.1 Å². The van der Waals surface area contributed by atoms with Crippen LogP contribution in [-0.2, 0) is 9.59 Å². The van der Waals surface area contributed by atoms with E-state index in [4.69, 9.17) is 0 Å². The van der Waals surface area contributed by atoms with Gasteiger partial charge in [-0.15, -0.1) is 0 Å². The maximum Gasteiger partial charge on any atom is 0.254 e. The summed E-state index contributed by atoms with van der Waals surface area (Å²) in [4.78, 5) is 26.2. The molecule has 6 atom stereocenters. The molecule has 0 spiro atoms. The third-order valence-electron chi connectivity index (χ3n) is 7.51. The minimum Gasteiger partial charge on any atom is -0.318 e. The van der Waals surface area contributed by atoms with Gasteiger partial charge in [-0.25, -0.2) is 0 Å². The Morgan fingerprint density at radius 1 is 1.00 bits per heavy atom. The van der Waals surface area contributed by atoms with Gasteiger partial charge in [-0.05, 0) is 96.9 Å². The molecule has 2 aromatic rings. The summed E-state index contributed by atoms with van der Waals surface area (Å²) >= 11 is 2.30. The van der Waals surface area contributed by atoms with Crippen LogP contribution in [0.2, 0.25) is 0 Å². The molecule has 2 bridgehead atoms. The van der Waals surface area contributed by atoms with Gasteiger partial charge in [-0.3, -0.25) is 9.59 Å². The fraction of sp³-hybridized carbons (Fsp3) is 0.375. The van der Waals surface area contributed by atoms with Crippen molar-refractivity contribution in [2.45, 2.75) is 20.3 Å². The zero-order chi connectivity index (χ0) is 20.7. The Morgan fingerprint density at radius 2 is 1.60 bits per heavy atom. The average molecular weight is 511 g/mol. The van der Waals surface area contributed by atoms with Crippen molar-refractivity contribution < 1.29 is 9.59 Å². The van der Waals surface area contributed by atoms with Crippen LogP contribution in [0.1, 0.15) is 23.4 Å². The lowest BCUT2D eigenvalue weighted by molar-refractivity contribution is -0.140. The van der Waals surface area contributed by atoms with Gasteiger partial charge in [0.05, 0.1) is 18.1 Å². The molecule has 0 unspecified atom stereocenters. The first-order chi connectivity index (χ1) is 14.5. The van der Waals surface area contributed by atoms with Crippen molar-refractivity contribution in [3.63, 3.8) is 0 Å². The molecule has 5 aliphatic rings. The van der Waals surface area contributed by atoms with Crippen molar-refractivity contribution in [2.75, 3.05) is 0 Å². The molecule has 0 radical (unpaired) electrons. The molecule has 2 heterocycles. The van der Waals surface area contributed by atoms with Crippen molar-refractivity contribution in [1.29, 1.82) is 0 Å². The molecule has 1 aromatic carbocycles. The molecular weight excluding hydrogens is 489 g/mol. The molecule has 30 heavy (non-hydrogen) atoms. The van der Waals surface area contributed by atoms with E-state index in [0.717, 1.165) is 27.6 Å². The summed E-state index contributed by atoms with van der Waals surface area (Å²) in [6.45, 7) is 4.09. The number of nitrogens with zero attached hydrogens (tertiary/aromatic N) is 3. The number of carbonyl (C=O) groups excluding carboxylic acids is 2. The molecule has 1 aromatic heterocycles. The van der Waals surface area contributed by atoms with Gasteiger partial charge in [0, 0.05) is 26.2 Å². The molecule has 5 nitrogen and oxygen atoms in total. The number of benzene rings is 1. The lowest BCUT2D eigenvalue weighted by Crippen LogP contribution is -2.40. The van der Waals surface area contributed by atoms with Crippen LogP contribution in [0.15, 0.2) is 47.6 Å². The van der Waals surface area contributed by atoms with E-state index in [2.05, 4.69) is 81.7 Å². The maximum absolute atomic E-state index is 13.1. The number of hydrogen-bond donors (Lipinski definition) is 0. The van der Waals surface area contributed by atoms with Crippen LogP contribution in [0, 0.1) is 52.9 Å². The number of imide groups is 1. The first-order valence-corrected chi connectivity index (χ1v) is 11.6. The second-order valence-corrected chi connectivity index (χ2v) is 10.3. The van der Waals surface area contributed by atoms with Crippen molar-refractivity contribution in [1.82, 2.24) is 9.58 Å². The predicted molar refractivity (Wildman–Crippen MR) is 122 cm³/mol. The van der Waals surface area contributed by atoms with E-state index >= 15 is 0 Å². The molecule has 7 rings (SSSR count). The third kappa shape index (κ3) is 2.49. The summed E-state index contributed by atoms with van der Waals surface area (Å²) in [6.07, 6.45) is 7.22. The molecular formula is C24H22IN3O2. The van der Waals surface area contributed by atoms with Gasteiger partial charge in [0.2, 0.25) is 0 Å². The van der Waals surface area contributed by atoms with Crippen molar-refractivity contribution in [3.05, 3.63) is 63.0 Å². The minimum absolute atomic E-state index is 0.114. The average Bonchev–Trinajstić information content (AvgIpc) is 3.46. The minimum atomic E-state index is -0.201. The molecule has 4 aliphatic carbocycles. The first-order valence-electron chi connectivity index (χ1n) is 10.5. The Balaban J connectivity index is 1.30. The highest BCUT2D eigenvalue weighted by Gasteiger charge is 2.67. The standard InChI is InChI=1S/C24H22IN3O2/c1-12-9-14(13(2)27(12)16-5-3-15(25)4-6-16)11-26-28-23(29)21-17-7-8-18(20-10-19(17)20)22(21)24(28)30/h3-9,11,17-22H,10H2,1-2H3/b26-11-/t17-,18-,19-,20-,21-,22+/m0/s1. The molecule has 1 saturated heterocycles. The Hall–Kier alpha value is -2.22. The van der Waals surface area contributed by atoms with Gasteiger partial charge in [0.15, 0.2) is 0 Å². The molecule has 6 heteroatoms. The molecule has 1 aliphatic heterocycles. The summed E-state index contributed by atoms with van der Waals surface area (Å²) in [5.74, 6) is 1.04. The Morgan fingerprint density at radius 3 is 2.20 bits per heavy atom. The Labute approximate surface area is 189 Å². The number of amides is 2. The second-order valence-electron chi connectivity index (χ2n) is 9.03. The van der Waals surface area contributed by atoms with Crippen molar-refractivity contribution >= 4 is 40.6 Å². The number of hydrogen-bond acceptors (Lipinski definition) is 3. The van der Waals surface area contributed by atoms with E-state index in [9.17, 15) is 9.59 Å². The summed E-state index contributed by atoms with van der Waals surface area (Å²) in [5, 5.41) is 5.56. The smallest absolute Gasteiger partial charge is 0.254 e. The number of halogens is 1. The largest absolute Gasteiger partial charge is 0.318 e. The van der Waals surface area contributed by atoms with Crippen LogP contribution in [0.3, 0.4) is 0 Å². The van der Waals surface area contributed by atoms with Crippen LogP contribution < -0.4 is 0 Å². The highest BCUT2D eigenvalue weighted by atomic mass is 127. The SMILES string of the molecule is Cc1cc(/C=N\N2C(=O)[C@@H]3[C@H]4C=C[C@@H]([C@@H]5C[C@@H]45)[C@@H]3C2=O)c(C)n1-c1ccc(I)cc1. The van der Waals surface area contributed by atoms with Crippen LogP contribution in [0.25, 0.3) is 5.69 Å². The van der Waals surface area contributed by atoms with Gasteiger partial charge >= 0.3 is 0 Å². The fourth-order valence-electron chi connectivity index (χ4n) is 6.08. The third-order valence-corrected chi connectivity index (χ3v) is 8.23. The van der Waals surface area contributed by atoms with E-state index in [1.807, 2.05) is 6.92 Å². The zero-order valence-corrected chi connectivity index (χ0v) is 19.0. The number of allylic oxidation sites excluding steroid dienone is 2. The Bertz CT molecular complexity index is 1110. The van der Waals surface area contributed by atoms with Gasteiger partial charge in [0.1, 0.15) is 0 Å². The second kappa shape index (κ2) is 6.39. The van der Waals surface area contributed by atoms with Crippen LogP contribution in [-0.4, -0.2) is 27.6 Å². The quantitative estimate of drug-likeness (QED) is 0.270. The summed E-state index contributed by atoms with van der Waals surface area (Å²) in [6, 6.07) is 10.4. The number of carbonyl (C=O) groups is 2. The summed E-state index contributed by atoms with van der Waals surface area (Å²) in [7, 11) is 0. The van der Waals surface area contributed by atoms with Gasteiger partial charge in [-0.1, -0.05) is 12.2 Å². The lowest BCUT2D eigenvalue weighted by Gasteiger charge is -2.37. The fourth-order valence-corrected chi connectivity index (χ4v) is 6.44. The highest BCUT2D eigenvalue weighted by Crippen LogP contribution is 2.65.